The van der Waals surface area contributed by atoms with Crippen molar-refractivity contribution in [2.45, 2.75) is 0 Å². The molecule has 0 spiro atoms. The molecule has 0 aliphatic carbocycles. The molecule has 0 saturated heterocycles. The molecule has 0 saturated carbocycles. The summed E-state index contributed by atoms with van der Waals surface area (Å²) in [6.07, 6.45) is 1.71. The van der Waals surface area contributed by atoms with Gasteiger partial charge in [0.05, 0.1) is 27.5 Å². The zero-order chi connectivity index (χ0) is 23.7. The van der Waals surface area contributed by atoms with Gasteiger partial charge in [-0.15, -0.1) is 0 Å². The molecule has 0 unspecified atom stereocenters. The SMILES string of the molecule is O=c1c(-c2ccccc2)c(O)c2c(O)c(-c3ccnc4ccccc34)cc3c4ccccc4n1c23. The van der Waals surface area contributed by atoms with Crippen LogP contribution in [0.2, 0.25) is 0 Å². The number of hydrogen-bond donors (Lipinski definition) is 2. The van der Waals surface area contributed by atoms with Crippen LogP contribution in [0, 0.1) is 0 Å². The van der Waals surface area contributed by atoms with Crippen LogP contribution in [0.4, 0.5) is 0 Å². The smallest absolute Gasteiger partial charge is 0.267 e. The molecule has 35 heavy (non-hydrogen) atoms. The molecular weight excluding hydrogens is 436 g/mol. The predicted octanol–water partition coefficient (Wildman–Crippen LogP) is 6.34. The Bertz CT molecular complexity index is 1990. The standard InChI is InChI=1S/C30H18N2O3/c33-28-22(18-14-15-31-23-12-6-4-10-19(18)23)16-21-20-11-5-7-13-24(20)32-27(21)26(28)29(34)25(30(32)35)17-8-2-1-3-9-17/h1-16,33-34H. The van der Waals surface area contributed by atoms with Gasteiger partial charge in [0.25, 0.3) is 5.56 Å². The molecule has 4 aromatic carbocycles. The van der Waals surface area contributed by atoms with Crippen molar-refractivity contribution in [2.75, 3.05) is 0 Å². The number of para-hydroxylation sites is 2. The van der Waals surface area contributed by atoms with E-state index >= 15 is 0 Å². The Morgan fingerprint density at radius 3 is 2.23 bits per heavy atom. The summed E-state index contributed by atoms with van der Waals surface area (Å²) in [6, 6.07) is 28.2. The van der Waals surface area contributed by atoms with Gasteiger partial charge in [0.1, 0.15) is 11.5 Å². The number of rotatable bonds is 2. The molecule has 3 heterocycles. The first-order chi connectivity index (χ1) is 17.1. The third kappa shape index (κ3) is 2.58. The summed E-state index contributed by atoms with van der Waals surface area (Å²) in [4.78, 5) is 18.2. The molecule has 5 nitrogen and oxygen atoms in total. The molecule has 7 rings (SSSR count). The summed E-state index contributed by atoms with van der Waals surface area (Å²) in [5.74, 6) is -0.296. The first-order valence-corrected chi connectivity index (χ1v) is 11.3. The van der Waals surface area contributed by atoms with Crippen LogP contribution in [0.5, 0.6) is 11.5 Å². The van der Waals surface area contributed by atoms with Crippen LogP contribution < -0.4 is 5.56 Å². The number of phenolic OH excluding ortho intramolecular Hbond substituents is 1. The van der Waals surface area contributed by atoms with Crippen molar-refractivity contribution < 1.29 is 10.2 Å². The van der Waals surface area contributed by atoms with Crippen molar-refractivity contribution in [2.24, 2.45) is 0 Å². The lowest BCUT2D eigenvalue weighted by Crippen LogP contribution is -2.15. The lowest BCUT2D eigenvalue weighted by atomic mass is 9.94. The largest absolute Gasteiger partial charge is 0.506 e. The Morgan fingerprint density at radius 1 is 0.686 bits per heavy atom. The summed E-state index contributed by atoms with van der Waals surface area (Å²) < 4.78 is 1.61. The summed E-state index contributed by atoms with van der Waals surface area (Å²) >= 11 is 0. The number of aromatic hydroxyl groups is 2. The maximum Gasteiger partial charge on any atom is 0.267 e. The minimum atomic E-state index is -0.325. The Balaban J connectivity index is 1.74. The van der Waals surface area contributed by atoms with Gasteiger partial charge < -0.3 is 10.2 Å². The van der Waals surface area contributed by atoms with Crippen LogP contribution in [-0.4, -0.2) is 19.6 Å². The molecular formula is C30H18N2O3. The van der Waals surface area contributed by atoms with E-state index in [4.69, 9.17) is 0 Å². The number of aromatic nitrogens is 2. The first-order valence-electron chi connectivity index (χ1n) is 11.3. The highest BCUT2D eigenvalue weighted by atomic mass is 16.3. The topological polar surface area (TPSA) is 74.8 Å². The van der Waals surface area contributed by atoms with E-state index in [-0.39, 0.29) is 28.0 Å². The molecule has 0 radical (unpaired) electrons. The van der Waals surface area contributed by atoms with Crippen LogP contribution in [-0.2, 0) is 0 Å². The maximum atomic E-state index is 13.8. The number of phenols is 1. The minimum Gasteiger partial charge on any atom is -0.506 e. The van der Waals surface area contributed by atoms with Crippen LogP contribution in [0.3, 0.4) is 0 Å². The quantitative estimate of drug-likeness (QED) is 0.320. The third-order valence-corrected chi connectivity index (χ3v) is 6.82. The fourth-order valence-electron chi connectivity index (χ4n) is 5.29. The van der Waals surface area contributed by atoms with Crippen molar-refractivity contribution in [3.63, 3.8) is 0 Å². The molecule has 0 amide bonds. The van der Waals surface area contributed by atoms with Gasteiger partial charge in [-0.3, -0.25) is 14.2 Å². The van der Waals surface area contributed by atoms with Gasteiger partial charge in [-0.05, 0) is 35.4 Å². The second kappa shape index (κ2) is 7.05. The maximum absolute atomic E-state index is 13.8. The highest BCUT2D eigenvalue weighted by Crippen LogP contribution is 2.48. The normalized spacial score (nSPS) is 11.8. The Hall–Kier alpha value is -4.90. The number of pyridine rings is 2. The van der Waals surface area contributed by atoms with Gasteiger partial charge >= 0.3 is 0 Å². The highest BCUT2D eigenvalue weighted by molar-refractivity contribution is 6.20. The van der Waals surface area contributed by atoms with E-state index in [1.54, 1.807) is 22.7 Å². The zero-order valence-corrected chi connectivity index (χ0v) is 18.4. The van der Waals surface area contributed by atoms with Crippen LogP contribution in [0.1, 0.15) is 0 Å². The van der Waals surface area contributed by atoms with E-state index in [2.05, 4.69) is 4.98 Å². The van der Waals surface area contributed by atoms with Gasteiger partial charge in [-0.2, -0.15) is 0 Å². The zero-order valence-electron chi connectivity index (χ0n) is 18.4. The average molecular weight is 454 g/mol. The van der Waals surface area contributed by atoms with E-state index < -0.39 is 0 Å². The van der Waals surface area contributed by atoms with E-state index in [9.17, 15) is 15.0 Å². The van der Waals surface area contributed by atoms with Crippen LogP contribution >= 0.6 is 0 Å². The molecule has 0 atom stereocenters. The van der Waals surface area contributed by atoms with Crippen molar-refractivity contribution in [1.82, 2.24) is 9.38 Å². The van der Waals surface area contributed by atoms with Crippen LogP contribution in [0.15, 0.2) is 102 Å². The van der Waals surface area contributed by atoms with Crippen molar-refractivity contribution in [1.29, 1.82) is 0 Å². The number of benzene rings is 4. The van der Waals surface area contributed by atoms with Gasteiger partial charge in [0.2, 0.25) is 0 Å². The number of fused-ring (bicyclic) bond motifs is 4. The predicted molar refractivity (Wildman–Crippen MR) is 139 cm³/mol. The average Bonchev–Trinajstić information content (AvgIpc) is 3.22. The monoisotopic (exact) mass is 454 g/mol. The number of hydrogen-bond acceptors (Lipinski definition) is 4. The van der Waals surface area contributed by atoms with Crippen LogP contribution in [0.25, 0.3) is 60.3 Å². The number of nitrogens with zero attached hydrogens (tertiary/aromatic N) is 2. The molecule has 7 aromatic rings. The lowest BCUT2D eigenvalue weighted by molar-refractivity contribution is 0.465. The Labute approximate surface area is 199 Å². The molecule has 0 aliphatic rings. The fraction of sp³-hybridized carbons (Fsp3) is 0. The summed E-state index contributed by atoms with van der Waals surface area (Å²) in [7, 11) is 0. The third-order valence-electron chi connectivity index (χ3n) is 6.82. The molecule has 0 aliphatic heterocycles. The molecule has 3 aromatic heterocycles. The van der Waals surface area contributed by atoms with Crippen molar-refractivity contribution in [3.8, 4) is 33.8 Å². The van der Waals surface area contributed by atoms with Gasteiger partial charge in [0, 0.05) is 27.9 Å². The van der Waals surface area contributed by atoms with Crippen molar-refractivity contribution >= 4 is 38.1 Å². The second-order valence-corrected chi connectivity index (χ2v) is 8.67. The summed E-state index contributed by atoms with van der Waals surface area (Å²) in [6.45, 7) is 0. The first kappa shape index (κ1) is 19.6. The van der Waals surface area contributed by atoms with Gasteiger partial charge in [-0.1, -0.05) is 66.7 Å². The molecule has 166 valence electrons. The van der Waals surface area contributed by atoms with E-state index in [0.717, 1.165) is 32.8 Å². The molecule has 2 N–H and O–H groups in total. The second-order valence-electron chi connectivity index (χ2n) is 8.67. The molecule has 5 heteroatoms. The highest BCUT2D eigenvalue weighted by Gasteiger charge is 2.26. The Morgan fingerprint density at radius 2 is 1.40 bits per heavy atom. The molecule has 0 bridgehead atoms. The minimum absolute atomic E-state index is 0.0728. The van der Waals surface area contributed by atoms with E-state index in [0.29, 0.717) is 16.6 Å². The van der Waals surface area contributed by atoms with E-state index in [1.165, 1.54) is 0 Å². The fourth-order valence-corrected chi connectivity index (χ4v) is 5.29. The summed E-state index contributed by atoms with van der Waals surface area (Å²) in [5, 5.41) is 26.0. The summed E-state index contributed by atoms with van der Waals surface area (Å²) in [5.41, 5.74) is 3.84. The van der Waals surface area contributed by atoms with E-state index in [1.807, 2.05) is 78.9 Å². The molecule has 0 fully saturated rings. The van der Waals surface area contributed by atoms with Gasteiger partial charge in [-0.25, -0.2) is 0 Å². The Kier molecular flexibility index (Phi) is 3.94. The van der Waals surface area contributed by atoms with Gasteiger partial charge in [0.15, 0.2) is 0 Å². The van der Waals surface area contributed by atoms with Crippen molar-refractivity contribution in [3.05, 3.63) is 108 Å². The lowest BCUT2D eigenvalue weighted by Gasteiger charge is -2.15.